The predicted molar refractivity (Wildman–Crippen MR) is 63.4 cm³/mol. The number of rotatable bonds is 5. The van der Waals surface area contributed by atoms with Crippen LogP contribution in [0.5, 0.6) is 0 Å². The van der Waals surface area contributed by atoms with E-state index in [-0.39, 0.29) is 21.5 Å². The molecule has 10 heteroatoms. The van der Waals surface area contributed by atoms with Gasteiger partial charge in [0.1, 0.15) is 16.4 Å². The van der Waals surface area contributed by atoms with Crippen LogP contribution >= 0.6 is 11.5 Å². The molecule has 1 aromatic heterocycles. The summed E-state index contributed by atoms with van der Waals surface area (Å²) in [6.45, 7) is 0.319. The fraction of sp³-hybridized carbons (Fsp3) is 0.625. The standard InChI is InChI=1S/C8H12F3N3O2S2/c1-2-3-18(15,16)5-6(12)14-17-7(5)13-4-8(9,10)11/h13H,2-4H2,1H3,(H2,12,14). The Morgan fingerprint density at radius 3 is 2.56 bits per heavy atom. The van der Waals surface area contributed by atoms with Crippen LogP contribution in [0.15, 0.2) is 4.90 Å². The number of halogens is 3. The number of nitrogen functional groups attached to an aromatic ring is 1. The van der Waals surface area contributed by atoms with E-state index < -0.39 is 22.6 Å². The zero-order valence-corrected chi connectivity index (χ0v) is 11.0. The van der Waals surface area contributed by atoms with Crippen LogP contribution < -0.4 is 11.1 Å². The molecule has 0 radical (unpaired) electrons. The first-order chi connectivity index (χ1) is 8.17. The maximum atomic E-state index is 12.1. The Labute approximate surface area is 106 Å². The molecule has 18 heavy (non-hydrogen) atoms. The summed E-state index contributed by atoms with van der Waals surface area (Å²) in [6.07, 6.45) is -4.10. The summed E-state index contributed by atoms with van der Waals surface area (Å²) in [5.41, 5.74) is 5.40. The van der Waals surface area contributed by atoms with Crippen LogP contribution in [0.25, 0.3) is 0 Å². The summed E-state index contributed by atoms with van der Waals surface area (Å²) in [6, 6.07) is 0. The lowest BCUT2D eigenvalue weighted by molar-refractivity contribution is -0.115. The lowest BCUT2D eigenvalue weighted by Gasteiger charge is -2.09. The quantitative estimate of drug-likeness (QED) is 0.867. The number of aromatic nitrogens is 1. The first-order valence-electron chi connectivity index (χ1n) is 4.96. The predicted octanol–water partition coefficient (Wildman–Crippen LogP) is 1.88. The van der Waals surface area contributed by atoms with Crippen LogP contribution in [0.2, 0.25) is 0 Å². The van der Waals surface area contributed by atoms with E-state index >= 15 is 0 Å². The molecule has 3 N–H and O–H groups in total. The van der Waals surface area contributed by atoms with Crippen molar-refractivity contribution >= 4 is 32.2 Å². The van der Waals surface area contributed by atoms with Gasteiger partial charge in [-0.1, -0.05) is 6.92 Å². The number of nitrogens with two attached hydrogens (primary N) is 1. The van der Waals surface area contributed by atoms with Gasteiger partial charge < -0.3 is 11.1 Å². The lowest BCUT2D eigenvalue weighted by atomic mass is 10.5. The van der Waals surface area contributed by atoms with Crippen molar-refractivity contribution in [3.63, 3.8) is 0 Å². The highest BCUT2D eigenvalue weighted by atomic mass is 32.2. The second-order valence-electron chi connectivity index (χ2n) is 3.51. The van der Waals surface area contributed by atoms with E-state index in [0.717, 1.165) is 0 Å². The molecule has 5 nitrogen and oxygen atoms in total. The van der Waals surface area contributed by atoms with Crippen molar-refractivity contribution in [2.45, 2.75) is 24.4 Å². The maximum Gasteiger partial charge on any atom is 0.405 e. The summed E-state index contributed by atoms with van der Waals surface area (Å²) < 4.78 is 63.4. The number of nitrogens with zero attached hydrogens (tertiary/aromatic N) is 1. The van der Waals surface area contributed by atoms with Gasteiger partial charge in [-0.15, -0.1) is 0 Å². The smallest absolute Gasteiger partial charge is 0.382 e. The topological polar surface area (TPSA) is 85.1 Å². The molecule has 104 valence electrons. The van der Waals surface area contributed by atoms with Crippen LogP contribution in [-0.2, 0) is 9.84 Å². The van der Waals surface area contributed by atoms with Crippen molar-refractivity contribution in [1.82, 2.24) is 4.37 Å². The van der Waals surface area contributed by atoms with Gasteiger partial charge in [-0.25, -0.2) is 8.42 Å². The average molecular weight is 303 g/mol. The third-order valence-corrected chi connectivity index (χ3v) is 4.84. The molecule has 0 aliphatic heterocycles. The first-order valence-corrected chi connectivity index (χ1v) is 7.38. The third kappa shape index (κ3) is 3.73. The number of hydrogen-bond acceptors (Lipinski definition) is 6. The molecule has 0 aromatic carbocycles. The molecule has 0 saturated carbocycles. The second-order valence-corrected chi connectivity index (χ2v) is 6.33. The summed E-state index contributed by atoms with van der Waals surface area (Å²) >= 11 is 0.604. The van der Waals surface area contributed by atoms with Crippen molar-refractivity contribution in [2.75, 3.05) is 23.3 Å². The summed E-state index contributed by atoms with van der Waals surface area (Å²) in [5, 5.41) is 1.84. The molecule has 0 aliphatic rings. The van der Waals surface area contributed by atoms with E-state index in [2.05, 4.69) is 4.37 Å². The van der Waals surface area contributed by atoms with E-state index in [1.165, 1.54) is 0 Å². The van der Waals surface area contributed by atoms with Gasteiger partial charge in [0.2, 0.25) is 0 Å². The Hall–Kier alpha value is -1.03. The number of alkyl halides is 3. The van der Waals surface area contributed by atoms with Crippen molar-refractivity contribution in [3.05, 3.63) is 0 Å². The Kier molecular flexibility index (Phi) is 4.43. The Morgan fingerprint density at radius 2 is 2.06 bits per heavy atom. The summed E-state index contributed by atoms with van der Waals surface area (Å²) in [7, 11) is -3.70. The minimum absolute atomic E-state index is 0.168. The van der Waals surface area contributed by atoms with Gasteiger partial charge in [0, 0.05) is 0 Å². The third-order valence-electron chi connectivity index (χ3n) is 1.91. The van der Waals surface area contributed by atoms with E-state index in [4.69, 9.17) is 5.73 Å². The van der Waals surface area contributed by atoms with E-state index in [9.17, 15) is 21.6 Å². The highest BCUT2D eigenvalue weighted by Crippen LogP contribution is 2.33. The highest BCUT2D eigenvalue weighted by molar-refractivity contribution is 7.91. The van der Waals surface area contributed by atoms with Crippen LogP contribution in [0.1, 0.15) is 13.3 Å². The molecule has 1 heterocycles. The Bertz CT molecular complexity index is 510. The Balaban J connectivity index is 3.02. The van der Waals surface area contributed by atoms with Crippen LogP contribution in [0, 0.1) is 0 Å². The number of sulfone groups is 1. The molecule has 0 fully saturated rings. The van der Waals surface area contributed by atoms with Gasteiger partial charge in [0.15, 0.2) is 15.7 Å². The number of anilines is 2. The van der Waals surface area contributed by atoms with Gasteiger partial charge in [-0.05, 0) is 18.0 Å². The van der Waals surface area contributed by atoms with E-state index in [1.54, 1.807) is 6.92 Å². The minimum Gasteiger partial charge on any atom is -0.382 e. The normalized spacial score (nSPS) is 12.7. The SMILES string of the molecule is CCCS(=O)(=O)c1c(N)nsc1NCC(F)(F)F. The van der Waals surface area contributed by atoms with Crippen molar-refractivity contribution in [2.24, 2.45) is 0 Å². The van der Waals surface area contributed by atoms with Gasteiger partial charge in [-0.2, -0.15) is 17.5 Å². The molecule has 1 aromatic rings. The second kappa shape index (κ2) is 5.31. The average Bonchev–Trinajstić information content (AvgIpc) is 2.56. The largest absolute Gasteiger partial charge is 0.405 e. The molecule has 0 aliphatic carbocycles. The van der Waals surface area contributed by atoms with Gasteiger partial charge in [-0.3, -0.25) is 0 Å². The van der Waals surface area contributed by atoms with Gasteiger partial charge >= 0.3 is 6.18 Å². The fourth-order valence-corrected chi connectivity index (χ4v) is 3.87. The molecule has 1 rings (SSSR count). The van der Waals surface area contributed by atoms with Crippen molar-refractivity contribution in [1.29, 1.82) is 0 Å². The molecule has 0 spiro atoms. The lowest BCUT2D eigenvalue weighted by Crippen LogP contribution is -2.22. The summed E-state index contributed by atoms with van der Waals surface area (Å²) in [5.74, 6) is -0.450. The minimum atomic E-state index is -4.44. The maximum absolute atomic E-state index is 12.1. The monoisotopic (exact) mass is 303 g/mol. The van der Waals surface area contributed by atoms with E-state index in [0.29, 0.717) is 18.0 Å². The molecular formula is C8H12F3N3O2S2. The van der Waals surface area contributed by atoms with Crippen molar-refractivity contribution < 1.29 is 21.6 Å². The van der Waals surface area contributed by atoms with Crippen LogP contribution in [0.4, 0.5) is 24.0 Å². The molecule has 0 unspecified atom stereocenters. The zero-order valence-electron chi connectivity index (χ0n) is 9.41. The fourth-order valence-electron chi connectivity index (χ4n) is 1.26. The number of hydrogen-bond donors (Lipinski definition) is 2. The van der Waals surface area contributed by atoms with E-state index in [1.807, 2.05) is 5.32 Å². The van der Waals surface area contributed by atoms with Crippen LogP contribution in [0.3, 0.4) is 0 Å². The summed E-state index contributed by atoms with van der Waals surface area (Å²) in [4.78, 5) is -0.335. The zero-order chi connectivity index (χ0) is 14.0. The Morgan fingerprint density at radius 1 is 1.44 bits per heavy atom. The van der Waals surface area contributed by atoms with Gasteiger partial charge in [0.25, 0.3) is 0 Å². The van der Waals surface area contributed by atoms with Crippen molar-refractivity contribution in [3.8, 4) is 0 Å². The molecule has 0 bridgehead atoms. The van der Waals surface area contributed by atoms with Gasteiger partial charge in [0.05, 0.1) is 5.75 Å². The molecule has 0 atom stereocenters. The molecule has 0 amide bonds. The van der Waals surface area contributed by atoms with Crippen LogP contribution in [-0.4, -0.2) is 31.3 Å². The number of nitrogens with one attached hydrogen (secondary N) is 1. The molecule has 0 saturated heterocycles. The molecular weight excluding hydrogens is 291 g/mol. The highest BCUT2D eigenvalue weighted by Gasteiger charge is 2.30. The first kappa shape index (κ1) is 15.0.